The number of hydrogen-bond acceptors (Lipinski definition) is 15. The zero-order valence-electron chi connectivity index (χ0n) is 26.9. The van der Waals surface area contributed by atoms with Gasteiger partial charge in [0.25, 0.3) is 0 Å². The van der Waals surface area contributed by atoms with Crippen LogP contribution in [0.15, 0.2) is 23.8 Å². The third-order valence-electron chi connectivity index (χ3n) is 9.12. The van der Waals surface area contributed by atoms with Gasteiger partial charge in [-0.3, -0.25) is 28.8 Å². The van der Waals surface area contributed by atoms with E-state index in [-0.39, 0.29) is 13.2 Å². The molecular weight excluding hydrogens is 612 g/mol. The SMILES string of the molecule is COCC1=C/[C@@H]2OC(=O)[C@H](C)[C@@]2(O)[C@@H](OC(C)=O)[C@H]2[C@@]3(CO3)[C@H](OC(C)=O)[C@H](OC(C)=O)[C@H](OC(C)=O)[C@]2(C)[C@@H](OC(C)=O)/C=C\1. The van der Waals surface area contributed by atoms with Crippen molar-refractivity contribution in [1.29, 1.82) is 0 Å². The quantitative estimate of drug-likeness (QED) is 0.226. The predicted octanol–water partition coefficient (Wildman–Crippen LogP) is 0.485. The molecule has 2 aliphatic carbocycles. The van der Waals surface area contributed by atoms with Crippen LogP contribution in [0.5, 0.6) is 0 Å². The number of carbonyl (C=O) groups is 6. The largest absolute Gasteiger partial charge is 0.459 e. The molecule has 3 fully saturated rings. The summed E-state index contributed by atoms with van der Waals surface area (Å²) in [6, 6.07) is 0. The first kappa shape index (κ1) is 35.0. The topological polar surface area (TPSA) is 200 Å². The van der Waals surface area contributed by atoms with Gasteiger partial charge < -0.3 is 43.0 Å². The third kappa shape index (κ3) is 6.02. The number of hydrogen-bond donors (Lipinski definition) is 1. The Morgan fingerprint density at radius 1 is 0.870 bits per heavy atom. The molecule has 1 spiro atoms. The van der Waals surface area contributed by atoms with Crippen molar-refractivity contribution in [3.8, 4) is 0 Å². The van der Waals surface area contributed by atoms with E-state index in [1.54, 1.807) is 0 Å². The normalized spacial score (nSPS) is 41.3. The lowest BCUT2D eigenvalue weighted by Crippen LogP contribution is -2.76. The fraction of sp³-hybridized carbons (Fsp3) is 0.677. The van der Waals surface area contributed by atoms with Crippen molar-refractivity contribution < 1.29 is 71.8 Å². The van der Waals surface area contributed by atoms with Crippen LogP contribution in [-0.2, 0) is 66.7 Å². The Hall–Kier alpha value is -3.82. The summed E-state index contributed by atoms with van der Waals surface area (Å²) in [5.74, 6) is -7.67. The predicted molar refractivity (Wildman–Crippen MR) is 151 cm³/mol. The van der Waals surface area contributed by atoms with Gasteiger partial charge in [-0.05, 0) is 24.6 Å². The molecule has 0 unspecified atom stereocenters. The highest BCUT2D eigenvalue weighted by Gasteiger charge is 2.81. The van der Waals surface area contributed by atoms with E-state index in [4.69, 9.17) is 37.9 Å². The van der Waals surface area contributed by atoms with Crippen LogP contribution in [0.2, 0.25) is 0 Å². The standard InChI is InChI=1S/C31H40O15/c1-14-28(37)46-22-11-20(12-39-8)9-10-21(41-15(2)32)29(7)24(27(31(14,22)38)45-19(6)36)30(13-40-30)26(44-18(5)35)23(42-16(3)33)25(29)43-17(4)34/h9-11,14,21-27,38H,12-13H2,1-8H3/b10-9-,20-11+/t14-,21-,22-,23+,24+,25-,26+,27-,29+,30-,31-/m0/s1. The highest BCUT2D eigenvalue weighted by molar-refractivity contribution is 5.78. The molecule has 0 amide bonds. The molecule has 2 aliphatic heterocycles. The molecule has 15 nitrogen and oxygen atoms in total. The van der Waals surface area contributed by atoms with Gasteiger partial charge >= 0.3 is 35.8 Å². The molecule has 2 saturated heterocycles. The Morgan fingerprint density at radius 2 is 1.39 bits per heavy atom. The molecule has 0 aromatic carbocycles. The minimum Gasteiger partial charge on any atom is -0.459 e. The summed E-state index contributed by atoms with van der Waals surface area (Å²) < 4.78 is 46.1. The number of rotatable bonds is 7. The summed E-state index contributed by atoms with van der Waals surface area (Å²) in [7, 11) is 1.41. The van der Waals surface area contributed by atoms with E-state index in [0.717, 1.165) is 34.6 Å². The lowest BCUT2D eigenvalue weighted by Gasteiger charge is -2.59. The molecule has 0 aromatic heterocycles. The molecule has 1 N–H and O–H groups in total. The molecule has 0 radical (unpaired) electrons. The number of epoxide rings is 1. The van der Waals surface area contributed by atoms with Crippen LogP contribution in [0.1, 0.15) is 48.5 Å². The van der Waals surface area contributed by atoms with Crippen LogP contribution in [-0.4, -0.2) is 109 Å². The van der Waals surface area contributed by atoms with Crippen LogP contribution in [0, 0.1) is 17.3 Å². The summed E-state index contributed by atoms with van der Waals surface area (Å²) >= 11 is 0. The average Bonchev–Trinajstić information content (AvgIpc) is 3.69. The van der Waals surface area contributed by atoms with E-state index in [2.05, 4.69) is 0 Å². The number of carbonyl (C=O) groups excluding carboxylic acids is 6. The second-order valence-electron chi connectivity index (χ2n) is 12.3. The van der Waals surface area contributed by atoms with Crippen molar-refractivity contribution in [2.45, 2.75) is 96.3 Å². The molecule has 15 heteroatoms. The molecule has 0 bridgehead atoms. The molecule has 0 aromatic rings. The van der Waals surface area contributed by atoms with E-state index < -0.39 is 101 Å². The molecule has 254 valence electrons. The average molecular weight is 653 g/mol. The molecule has 11 atom stereocenters. The highest BCUT2D eigenvalue weighted by Crippen LogP contribution is 2.63. The van der Waals surface area contributed by atoms with Gasteiger partial charge in [0, 0.05) is 47.6 Å². The van der Waals surface area contributed by atoms with Crippen molar-refractivity contribution >= 4 is 35.8 Å². The van der Waals surface area contributed by atoms with Crippen LogP contribution in [0.3, 0.4) is 0 Å². The van der Waals surface area contributed by atoms with Gasteiger partial charge in [-0.2, -0.15) is 0 Å². The van der Waals surface area contributed by atoms with Crippen LogP contribution < -0.4 is 0 Å². The third-order valence-corrected chi connectivity index (χ3v) is 9.12. The Balaban J connectivity index is 2.17. The maximum Gasteiger partial charge on any atom is 0.312 e. The number of fused-ring (bicyclic) bond motifs is 3. The number of aliphatic hydroxyl groups is 1. The van der Waals surface area contributed by atoms with E-state index in [9.17, 15) is 33.9 Å². The molecular formula is C31H40O15. The van der Waals surface area contributed by atoms with Gasteiger partial charge in [0.2, 0.25) is 0 Å². The van der Waals surface area contributed by atoms with Crippen molar-refractivity contribution in [3.63, 3.8) is 0 Å². The first-order valence-electron chi connectivity index (χ1n) is 14.7. The van der Waals surface area contributed by atoms with Gasteiger partial charge in [0.15, 0.2) is 30.0 Å². The Bertz CT molecular complexity index is 1350. The summed E-state index contributed by atoms with van der Waals surface area (Å²) in [4.78, 5) is 76.5. The molecule has 1 saturated carbocycles. The fourth-order valence-corrected chi connectivity index (χ4v) is 7.27. The van der Waals surface area contributed by atoms with Crippen molar-refractivity contribution in [2.24, 2.45) is 17.3 Å². The molecule has 2 heterocycles. The second-order valence-corrected chi connectivity index (χ2v) is 12.3. The Labute approximate surface area is 265 Å². The minimum atomic E-state index is -2.33. The van der Waals surface area contributed by atoms with E-state index >= 15 is 0 Å². The lowest BCUT2D eigenvalue weighted by atomic mass is 9.51. The zero-order valence-corrected chi connectivity index (χ0v) is 26.9. The van der Waals surface area contributed by atoms with Crippen molar-refractivity contribution in [1.82, 2.24) is 0 Å². The highest BCUT2D eigenvalue weighted by atomic mass is 16.7. The van der Waals surface area contributed by atoms with Gasteiger partial charge in [0.05, 0.1) is 24.5 Å². The van der Waals surface area contributed by atoms with Gasteiger partial charge in [-0.25, -0.2) is 0 Å². The zero-order chi connectivity index (χ0) is 34.4. The Morgan fingerprint density at radius 3 is 1.89 bits per heavy atom. The monoisotopic (exact) mass is 652 g/mol. The fourth-order valence-electron chi connectivity index (χ4n) is 7.27. The number of ether oxygens (including phenoxy) is 8. The smallest absolute Gasteiger partial charge is 0.312 e. The van der Waals surface area contributed by atoms with Crippen LogP contribution in [0.25, 0.3) is 0 Å². The van der Waals surface area contributed by atoms with Gasteiger partial charge in [-0.15, -0.1) is 0 Å². The number of esters is 6. The van der Waals surface area contributed by atoms with Crippen LogP contribution >= 0.6 is 0 Å². The molecule has 4 aliphatic rings. The van der Waals surface area contributed by atoms with E-state index in [1.165, 1.54) is 39.2 Å². The van der Waals surface area contributed by atoms with Crippen molar-refractivity contribution in [3.05, 3.63) is 23.8 Å². The van der Waals surface area contributed by atoms with E-state index in [1.807, 2.05) is 0 Å². The molecule has 4 rings (SSSR count). The van der Waals surface area contributed by atoms with Crippen molar-refractivity contribution in [2.75, 3.05) is 20.3 Å². The van der Waals surface area contributed by atoms with Gasteiger partial charge in [0.1, 0.15) is 17.8 Å². The lowest BCUT2D eigenvalue weighted by molar-refractivity contribution is -0.279. The van der Waals surface area contributed by atoms with E-state index in [0.29, 0.717) is 5.57 Å². The second kappa shape index (κ2) is 12.8. The summed E-state index contributed by atoms with van der Waals surface area (Å²) in [6.45, 7) is 8.20. The Kier molecular flexibility index (Phi) is 9.72. The summed E-state index contributed by atoms with van der Waals surface area (Å²) in [5, 5.41) is 12.7. The van der Waals surface area contributed by atoms with Crippen LogP contribution in [0.4, 0.5) is 0 Å². The maximum absolute atomic E-state index is 13.2. The summed E-state index contributed by atoms with van der Waals surface area (Å²) in [6.07, 6.45) is -4.71. The summed E-state index contributed by atoms with van der Waals surface area (Å²) in [5.41, 5.74) is -5.45. The van der Waals surface area contributed by atoms with Gasteiger partial charge in [-0.1, -0.05) is 13.0 Å². The minimum absolute atomic E-state index is 0.0504. The first-order valence-corrected chi connectivity index (χ1v) is 14.7. The molecule has 46 heavy (non-hydrogen) atoms. The maximum atomic E-state index is 13.2. The number of methoxy groups -OCH3 is 1. The first-order chi connectivity index (χ1) is 21.4.